The van der Waals surface area contributed by atoms with Crippen molar-refractivity contribution in [2.45, 2.75) is 33.2 Å². The number of rotatable bonds is 9. The van der Waals surface area contributed by atoms with Gasteiger partial charge in [-0.3, -0.25) is 4.98 Å². The Morgan fingerprint density at radius 2 is 1.95 bits per heavy atom. The first-order valence-corrected chi connectivity index (χ1v) is 7.03. The van der Waals surface area contributed by atoms with Crippen LogP contribution in [0.3, 0.4) is 0 Å². The van der Waals surface area contributed by atoms with E-state index in [4.69, 9.17) is 9.47 Å². The Labute approximate surface area is 121 Å². The largest absolute Gasteiger partial charge is 0.493 e. The van der Waals surface area contributed by atoms with Gasteiger partial charge < -0.3 is 19.9 Å². The summed E-state index contributed by atoms with van der Waals surface area (Å²) in [6.07, 6.45) is 3.59. The van der Waals surface area contributed by atoms with Gasteiger partial charge in [0.2, 0.25) is 0 Å². The van der Waals surface area contributed by atoms with Crippen molar-refractivity contribution in [3.8, 4) is 11.5 Å². The van der Waals surface area contributed by atoms with Crippen molar-refractivity contribution in [2.75, 3.05) is 27.4 Å². The number of aromatic nitrogens is 1. The predicted molar refractivity (Wildman–Crippen MR) is 79.1 cm³/mol. The third-order valence-corrected chi connectivity index (χ3v) is 3.99. The summed E-state index contributed by atoms with van der Waals surface area (Å²) in [5, 5.41) is 12.9. The van der Waals surface area contributed by atoms with Crippen LogP contribution in [-0.4, -0.2) is 37.5 Å². The molecule has 1 aromatic rings. The Morgan fingerprint density at radius 3 is 2.45 bits per heavy atom. The van der Waals surface area contributed by atoms with Crippen LogP contribution >= 0.6 is 0 Å². The van der Waals surface area contributed by atoms with E-state index in [0.717, 1.165) is 25.1 Å². The van der Waals surface area contributed by atoms with E-state index in [1.807, 2.05) is 0 Å². The number of aliphatic hydroxyl groups is 1. The lowest BCUT2D eigenvalue weighted by atomic mass is 9.83. The summed E-state index contributed by atoms with van der Waals surface area (Å²) in [6.45, 7) is 5.73. The van der Waals surface area contributed by atoms with Crippen LogP contribution in [0.4, 0.5) is 0 Å². The van der Waals surface area contributed by atoms with Crippen molar-refractivity contribution in [1.82, 2.24) is 10.3 Å². The van der Waals surface area contributed by atoms with Gasteiger partial charge in [0, 0.05) is 37.4 Å². The molecule has 5 nitrogen and oxygen atoms in total. The van der Waals surface area contributed by atoms with Gasteiger partial charge in [0.15, 0.2) is 11.5 Å². The number of ether oxygens (including phenoxy) is 2. The first-order valence-electron chi connectivity index (χ1n) is 7.03. The van der Waals surface area contributed by atoms with E-state index in [-0.39, 0.29) is 12.0 Å². The van der Waals surface area contributed by atoms with Crippen molar-refractivity contribution in [2.24, 2.45) is 5.41 Å². The molecular weight excluding hydrogens is 256 g/mol. The lowest BCUT2D eigenvalue weighted by molar-refractivity contribution is 0.113. The van der Waals surface area contributed by atoms with Crippen molar-refractivity contribution >= 4 is 0 Å². The third-order valence-electron chi connectivity index (χ3n) is 3.99. The van der Waals surface area contributed by atoms with Crippen LogP contribution in [0.1, 0.15) is 32.4 Å². The van der Waals surface area contributed by atoms with Gasteiger partial charge in [0.25, 0.3) is 0 Å². The molecule has 2 N–H and O–H groups in total. The topological polar surface area (TPSA) is 63.6 Å². The van der Waals surface area contributed by atoms with Crippen molar-refractivity contribution in [3.05, 3.63) is 18.0 Å². The zero-order valence-corrected chi connectivity index (χ0v) is 12.9. The lowest BCUT2D eigenvalue weighted by Crippen LogP contribution is -2.36. The van der Waals surface area contributed by atoms with Crippen LogP contribution in [0.2, 0.25) is 0 Å². The molecule has 0 atom stereocenters. The minimum Gasteiger partial charge on any atom is -0.493 e. The van der Waals surface area contributed by atoms with Crippen molar-refractivity contribution < 1.29 is 14.6 Å². The average Bonchev–Trinajstić information content (AvgIpc) is 2.51. The maximum atomic E-state index is 9.56. The fourth-order valence-corrected chi connectivity index (χ4v) is 2.20. The fraction of sp³-hybridized carbons (Fsp3) is 0.667. The summed E-state index contributed by atoms with van der Waals surface area (Å²) in [6, 6.07) is 1.78. The van der Waals surface area contributed by atoms with E-state index >= 15 is 0 Å². The van der Waals surface area contributed by atoms with Crippen LogP contribution in [0, 0.1) is 5.41 Å². The van der Waals surface area contributed by atoms with Gasteiger partial charge in [-0.15, -0.1) is 0 Å². The number of hydrogen-bond acceptors (Lipinski definition) is 5. The summed E-state index contributed by atoms with van der Waals surface area (Å²) in [5.41, 5.74) is 0.748. The van der Waals surface area contributed by atoms with Crippen LogP contribution < -0.4 is 14.8 Å². The summed E-state index contributed by atoms with van der Waals surface area (Å²) in [7, 11) is 3.22. The summed E-state index contributed by atoms with van der Waals surface area (Å²) < 4.78 is 10.6. The summed E-state index contributed by atoms with van der Waals surface area (Å²) in [4.78, 5) is 4.33. The second-order valence-electron chi connectivity index (χ2n) is 4.96. The molecule has 1 rings (SSSR count). The molecule has 5 heteroatoms. The van der Waals surface area contributed by atoms with Crippen LogP contribution in [0.15, 0.2) is 12.3 Å². The molecule has 0 spiro atoms. The molecule has 0 bridgehead atoms. The molecule has 20 heavy (non-hydrogen) atoms. The van der Waals surface area contributed by atoms with Crippen LogP contribution in [0.5, 0.6) is 11.5 Å². The zero-order chi connectivity index (χ0) is 15.0. The third kappa shape index (κ3) is 3.84. The number of nitrogens with one attached hydrogen (secondary N) is 1. The Morgan fingerprint density at radius 1 is 1.25 bits per heavy atom. The maximum Gasteiger partial charge on any atom is 0.183 e. The Bertz CT molecular complexity index is 398. The number of pyridine rings is 1. The predicted octanol–water partition coefficient (Wildman–Crippen LogP) is 1.99. The van der Waals surface area contributed by atoms with Crippen molar-refractivity contribution in [1.29, 1.82) is 0 Å². The van der Waals surface area contributed by atoms with Gasteiger partial charge >= 0.3 is 0 Å². The molecule has 0 saturated carbocycles. The molecule has 114 valence electrons. The van der Waals surface area contributed by atoms with Crippen LogP contribution in [0.25, 0.3) is 0 Å². The van der Waals surface area contributed by atoms with E-state index in [1.165, 1.54) is 0 Å². The molecule has 0 saturated heterocycles. The molecule has 0 aromatic carbocycles. The second kappa shape index (κ2) is 8.07. The monoisotopic (exact) mass is 282 g/mol. The first kappa shape index (κ1) is 16.7. The quantitative estimate of drug-likeness (QED) is 0.725. The molecule has 0 aliphatic heterocycles. The van der Waals surface area contributed by atoms with Gasteiger partial charge in [-0.2, -0.15) is 0 Å². The zero-order valence-electron chi connectivity index (χ0n) is 12.9. The van der Waals surface area contributed by atoms with E-state index in [1.54, 1.807) is 26.5 Å². The Hall–Kier alpha value is -1.33. The van der Waals surface area contributed by atoms with E-state index in [2.05, 4.69) is 24.1 Å². The van der Waals surface area contributed by atoms with Crippen molar-refractivity contribution in [3.63, 3.8) is 0 Å². The standard InChI is InChI=1S/C15H26N2O3/c1-5-15(6-2,11-18)10-16-9-12-14(20-4)13(19-3)7-8-17-12/h7-8,16,18H,5-6,9-11H2,1-4H3. The molecule has 0 radical (unpaired) electrons. The molecule has 0 unspecified atom stereocenters. The highest BCUT2D eigenvalue weighted by Crippen LogP contribution is 2.29. The molecule has 0 amide bonds. The highest BCUT2D eigenvalue weighted by molar-refractivity contribution is 5.42. The molecule has 0 aliphatic carbocycles. The molecule has 0 fully saturated rings. The van der Waals surface area contributed by atoms with Gasteiger partial charge in [0.1, 0.15) is 0 Å². The fourth-order valence-electron chi connectivity index (χ4n) is 2.20. The average molecular weight is 282 g/mol. The number of nitrogens with zero attached hydrogens (tertiary/aromatic N) is 1. The molecule has 0 aliphatic rings. The molecule has 1 aromatic heterocycles. The number of methoxy groups -OCH3 is 2. The van der Waals surface area contributed by atoms with Gasteiger partial charge in [-0.1, -0.05) is 13.8 Å². The Balaban J connectivity index is 2.71. The number of aliphatic hydroxyl groups excluding tert-OH is 1. The summed E-state index contributed by atoms with van der Waals surface area (Å²) >= 11 is 0. The van der Waals surface area contributed by atoms with Gasteiger partial charge in [-0.05, 0) is 12.8 Å². The van der Waals surface area contributed by atoms with Gasteiger partial charge in [0.05, 0.1) is 19.9 Å². The van der Waals surface area contributed by atoms with E-state index in [0.29, 0.717) is 18.0 Å². The highest BCUT2D eigenvalue weighted by Gasteiger charge is 2.24. The smallest absolute Gasteiger partial charge is 0.183 e. The normalized spacial score (nSPS) is 11.4. The van der Waals surface area contributed by atoms with Crippen LogP contribution in [-0.2, 0) is 6.54 Å². The molecule has 1 heterocycles. The van der Waals surface area contributed by atoms with E-state index in [9.17, 15) is 5.11 Å². The molecular formula is C15H26N2O3. The Kier molecular flexibility index (Phi) is 6.75. The highest BCUT2D eigenvalue weighted by atomic mass is 16.5. The SMILES string of the molecule is CCC(CC)(CO)CNCc1nccc(OC)c1OC. The minimum absolute atomic E-state index is 0.0634. The van der Waals surface area contributed by atoms with Gasteiger partial charge in [-0.25, -0.2) is 0 Å². The second-order valence-corrected chi connectivity index (χ2v) is 4.96. The maximum absolute atomic E-state index is 9.56. The van der Waals surface area contributed by atoms with E-state index < -0.39 is 0 Å². The number of hydrogen-bond donors (Lipinski definition) is 2. The first-order chi connectivity index (χ1) is 9.66. The summed E-state index contributed by atoms with van der Waals surface area (Å²) in [5.74, 6) is 1.34. The minimum atomic E-state index is -0.0634. The lowest BCUT2D eigenvalue weighted by Gasteiger charge is -2.29.